The van der Waals surface area contributed by atoms with Crippen molar-refractivity contribution in [2.45, 2.75) is 6.04 Å². The molecule has 2 rings (SSSR count). The number of hydrogen-bond donors (Lipinski definition) is 1. The number of anilines is 1. The minimum absolute atomic E-state index is 0.00435. The van der Waals surface area contributed by atoms with Crippen LogP contribution in [0.3, 0.4) is 0 Å². The summed E-state index contributed by atoms with van der Waals surface area (Å²) in [7, 11) is -3.10. The van der Waals surface area contributed by atoms with Gasteiger partial charge in [0.2, 0.25) is 0 Å². The van der Waals surface area contributed by atoms with Gasteiger partial charge >= 0.3 is 0 Å². The first-order valence-electron chi connectivity index (χ1n) is 4.88. The smallest absolute Gasteiger partial charge is 0.173 e. The molecule has 1 atom stereocenters. The van der Waals surface area contributed by atoms with Crippen molar-refractivity contribution in [3.8, 4) is 6.07 Å². The Hall–Kier alpha value is -1.51. The summed E-state index contributed by atoms with van der Waals surface area (Å²) in [5.74, 6) is 0.00435. The largest absolute Gasteiger partial charge is 0.377 e. The molecule has 6 heteroatoms. The summed E-state index contributed by atoms with van der Waals surface area (Å²) < 4.78 is 22.5. The molecule has 1 unspecified atom stereocenters. The molecule has 0 saturated carbocycles. The highest BCUT2D eigenvalue weighted by atomic mass is 35.5. The van der Waals surface area contributed by atoms with E-state index < -0.39 is 9.84 Å². The number of nitrogens with one attached hydrogen (secondary N) is 1. The molecule has 0 spiro atoms. The molecule has 88 valence electrons. The number of benzene rings is 1. The lowest BCUT2D eigenvalue weighted by Gasteiger charge is -2.13. The van der Waals surface area contributed by atoms with E-state index in [1.165, 1.54) is 5.41 Å². The number of rotatable bonds is 2. The van der Waals surface area contributed by atoms with Crippen LogP contribution >= 0.6 is 11.6 Å². The maximum Gasteiger partial charge on any atom is 0.173 e. The third kappa shape index (κ3) is 2.60. The van der Waals surface area contributed by atoms with Crippen LogP contribution in [0.2, 0.25) is 5.02 Å². The highest BCUT2D eigenvalue weighted by Gasteiger charge is 2.22. The maximum absolute atomic E-state index is 11.2. The van der Waals surface area contributed by atoms with E-state index in [2.05, 4.69) is 5.32 Å². The van der Waals surface area contributed by atoms with Crippen molar-refractivity contribution < 1.29 is 8.42 Å². The number of halogens is 1. The van der Waals surface area contributed by atoms with Crippen molar-refractivity contribution in [1.82, 2.24) is 0 Å². The molecule has 0 fully saturated rings. The first-order chi connectivity index (χ1) is 8.02. The van der Waals surface area contributed by atoms with Crippen molar-refractivity contribution in [2.24, 2.45) is 0 Å². The Balaban J connectivity index is 2.24. The summed E-state index contributed by atoms with van der Waals surface area (Å²) in [5, 5.41) is 13.5. The molecule has 1 N–H and O–H groups in total. The van der Waals surface area contributed by atoms with E-state index in [-0.39, 0.29) is 11.8 Å². The zero-order valence-corrected chi connectivity index (χ0v) is 10.3. The summed E-state index contributed by atoms with van der Waals surface area (Å²) in [6.07, 6.45) is 1.57. The molecule has 0 aromatic heterocycles. The average molecular weight is 269 g/mol. The SMILES string of the molecule is N#Cc1c(Cl)cccc1NC1C=CS(=O)(=O)C1. The lowest BCUT2D eigenvalue weighted by molar-refractivity contribution is 0.605. The van der Waals surface area contributed by atoms with Crippen molar-refractivity contribution in [3.05, 3.63) is 40.3 Å². The van der Waals surface area contributed by atoms with E-state index in [9.17, 15) is 8.42 Å². The Bertz CT molecular complexity index is 617. The Morgan fingerprint density at radius 2 is 2.24 bits per heavy atom. The fraction of sp³-hybridized carbons (Fsp3) is 0.182. The second kappa shape index (κ2) is 4.40. The number of nitriles is 1. The molecule has 1 heterocycles. The molecular weight excluding hydrogens is 260 g/mol. The van der Waals surface area contributed by atoms with Gasteiger partial charge in [0, 0.05) is 5.41 Å². The van der Waals surface area contributed by atoms with E-state index in [0.29, 0.717) is 16.3 Å². The molecule has 0 saturated heterocycles. The lowest BCUT2D eigenvalue weighted by atomic mass is 10.2. The predicted molar refractivity (Wildman–Crippen MR) is 66.5 cm³/mol. The second-order valence-electron chi connectivity index (χ2n) is 3.68. The average Bonchev–Trinajstić information content (AvgIpc) is 2.58. The van der Waals surface area contributed by atoms with E-state index in [0.717, 1.165) is 0 Å². The zero-order chi connectivity index (χ0) is 12.5. The quantitative estimate of drug-likeness (QED) is 0.890. The summed E-state index contributed by atoms with van der Waals surface area (Å²) in [4.78, 5) is 0. The highest BCUT2D eigenvalue weighted by molar-refractivity contribution is 7.94. The highest BCUT2D eigenvalue weighted by Crippen LogP contribution is 2.25. The van der Waals surface area contributed by atoms with E-state index in [1.807, 2.05) is 6.07 Å². The van der Waals surface area contributed by atoms with Crippen molar-refractivity contribution in [2.75, 3.05) is 11.1 Å². The molecule has 0 aliphatic carbocycles. The first kappa shape index (κ1) is 12.0. The van der Waals surface area contributed by atoms with Gasteiger partial charge in [0.05, 0.1) is 28.1 Å². The monoisotopic (exact) mass is 268 g/mol. The molecule has 0 bridgehead atoms. The molecule has 1 aromatic carbocycles. The molecule has 17 heavy (non-hydrogen) atoms. The summed E-state index contributed by atoms with van der Waals surface area (Å²) >= 11 is 5.87. The fourth-order valence-corrected chi connectivity index (χ4v) is 3.08. The Kier molecular flexibility index (Phi) is 3.09. The van der Waals surface area contributed by atoms with Crippen molar-refractivity contribution in [3.63, 3.8) is 0 Å². The topological polar surface area (TPSA) is 70.0 Å². The fourth-order valence-electron chi connectivity index (χ4n) is 1.62. The van der Waals surface area contributed by atoms with Crippen LogP contribution in [0, 0.1) is 11.3 Å². The van der Waals surface area contributed by atoms with Gasteiger partial charge in [-0.3, -0.25) is 0 Å². The molecule has 4 nitrogen and oxygen atoms in total. The third-order valence-electron chi connectivity index (χ3n) is 2.40. The minimum Gasteiger partial charge on any atom is -0.377 e. The lowest BCUT2D eigenvalue weighted by Crippen LogP contribution is -2.21. The normalized spacial score (nSPS) is 21.1. The molecular formula is C11H9ClN2O2S. The molecule has 0 amide bonds. The van der Waals surface area contributed by atoms with Crippen LogP contribution < -0.4 is 5.32 Å². The van der Waals surface area contributed by atoms with E-state index in [4.69, 9.17) is 16.9 Å². The standard InChI is InChI=1S/C11H9ClN2O2S/c12-10-2-1-3-11(9(10)6-13)14-8-4-5-17(15,16)7-8/h1-5,8,14H,7H2. The van der Waals surface area contributed by atoms with E-state index in [1.54, 1.807) is 24.3 Å². The van der Waals surface area contributed by atoms with Gasteiger partial charge in [-0.1, -0.05) is 23.7 Å². The molecule has 1 aliphatic heterocycles. The van der Waals surface area contributed by atoms with Gasteiger partial charge < -0.3 is 5.32 Å². The minimum atomic E-state index is -3.10. The predicted octanol–water partition coefficient (Wildman–Crippen LogP) is 1.93. The van der Waals surface area contributed by atoms with Crippen LogP contribution in [-0.4, -0.2) is 20.2 Å². The van der Waals surface area contributed by atoms with Gasteiger partial charge in [-0.2, -0.15) is 5.26 Å². The van der Waals surface area contributed by atoms with Crippen LogP contribution in [0.1, 0.15) is 5.56 Å². The third-order valence-corrected chi connectivity index (χ3v) is 4.11. The first-order valence-corrected chi connectivity index (χ1v) is 6.97. The molecule has 0 radical (unpaired) electrons. The van der Waals surface area contributed by atoms with Crippen LogP contribution in [-0.2, 0) is 9.84 Å². The summed E-state index contributed by atoms with van der Waals surface area (Å²) in [6.45, 7) is 0. The van der Waals surface area contributed by atoms with Gasteiger partial charge in [0.15, 0.2) is 9.84 Å². The Labute approximate surface area is 104 Å². The van der Waals surface area contributed by atoms with Crippen LogP contribution in [0.25, 0.3) is 0 Å². The van der Waals surface area contributed by atoms with Gasteiger partial charge in [0.25, 0.3) is 0 Å². The van der Waals surface area contributed by atoms with Gasteiger partial charge in [0.1, 0.15) is 6.07 Å². The van der Waals surface area contributed by atoms with E-state index >= 15 is 0 Å². The Morgan fingerprint density at radius 1 is 1.47 bits per heavy atom. The number of nitrogens with zero attached hydrogens (tertiary/aromatic N) is 1. The second-order valence-corrected chi connectivity index (χ2v) is 6.02. The van der Waals surface area contributed by atoms with Gasteiger partial charge in [-0.05, 0) is 12.1 Å². The number of sulfone groups is 1. The summed E-state index contributed by atoms with van der Waals surface area (Å²) in [6, 6.07) is 6.70. The van der Waals surface area contributed by atoms with Crippen molar-refractivity contribution in [1.29, 1.82) is 5.26 Å². The molecule has 1 aromatic rings. The number of hydrogen-bond acceptors (Lipinski definition) is 4. The molecule has 1 aliphatic rings. The van der Waals surface area contributed by atoms with Crippen LogP contribution in [0.5, 0.6) is 0 Å². The van der Waals surface area contributed by atoms with Crippen LogP contribution in [0.15, 0.2) is 29.7 Å². The maximum atomic E-state index is 11.2. The van der Waals surface area contributed by atoms with Crippen LogP contribution in [0.4, 0.5) is 5.69 Å². The van der Waals surface area contributed by atoms with Crippen molar-refractivity contribution >= 4 is 27.1 Å². The zero-order valence-electron chi connectivity index (χ0n) is 8.72. The summed E-state index contributed by atoms with van der Waals surface area (Å²) in [5.41, 5.74) is 0.874. The Morgan fingerprint density at radius 3 is 2.82 bits per heavy atom. The van der Waals surface area contributed by atoms with Gasteiger partial charge in [-0.15, -0.1) is 0 Å². The van der Waals surface area contributed by atoms with Gasteiger partial charge in [-0.25, -0.2) is 8.42 Å².